The topological polar surface area (TPSA) is 122 Å². The van der Waals surface area contributed by atoms with E-state index in [-0.39, 0.29) is 40.6 Å². The quantitative estimate of drug-likeness (QED) is 0.260. The third-order valence-corrected chi connectivity index (χ3v) is 8.89. The van der Waals surface area contributed by atoms with Gasteiger partial charge in [0.15, 0.2) is 29.6 Å². The average molecular weight is 651 g/mol. The van der Waals surface area contributed by atoms with Crippen molar-refractivity contribution >= 4 is 34.7 Å². The van der Waals surface area contributed by atoms with Gasteiger partial charge in [0.2, 0.25) is 5.82 Å². The maximum atomic E-state index is 15.0. The molecule has 2 N–H and O–H groups in total. The summed E-state index contributed by atoms with van der Waals surface area (Å²) >= 11 is 6.60. The molecule has 46 heavy (non-hydrogen) atoms. The molecule has 2 aliphatic rings. The number of aliphatic hydroxyl groups is 1. The first-order valence-electron chi connectivity index (χ1n) is 15.1. The van der Waals surface area contributed by atoms with Crippen LogP contribution in [0.3, 0.4) is 0 Å². The normalized spacial score (nSPS) is 17.4. The van der Waals surface area contributed by atoms with E-state index in [1.807, 2.05) is 4.90 Å². The molecule has 2 aliphatic heterocycles. The van der Waals surface area contributed by atoms with E-state index >= 15 is 0 Å². The van der Waals surface area contributed by atoms with Gasteiger partial charge in [0.05, 0.1) is 29.1 Å². The molecule has 0 spiro atoms. The first kappa shape index (κ1) is 31.6. The lowest BCUT2D eigenvalue weighted by Crippen LogP contribution is -2.50. The van der Waals surface area contributed by atoms with Crippen LogP contribution in [0.4, 0.5) is 20.3 Å². The largest absolute Gasteiger partial charge is 0.476 e. The summed E-state index contributed by atoms with van der Waals surface area (Å²) in [4.78, 5) is 28.6. The highest BCUT2D eigenvalue weighted by Gasteiger charge is 2.27. The number of hydrogen-bond acceptors (Lipinski definition) is 9. The van der Waals surface area contributed by atoms with E-state index in [0.717, 1.165) is 45.6 Å². The second kappa shape index (κ2) is 14.0. The number of rotatable bonds is 10. The smallest absolute Gasteiger partial charge is 0.255 e. The van der Waals surface area contributed by atoms with E-state index in [1.165, 1.54) is 24.5 Å². The van der Waals surface area contributed by atoms with Crippen molar-refractivity contribution in [2.45, 2.75) is 18.9 Å². The number of fused-ring (bicyclic) bond motifs is 1. The number of aromatic nitrogens is 3. The number of piperazine rings is 1. The molecule has 1 amide bonds. The number of ether oxygens (including phenoxy) is 1. The van der Waals surface area contributed by atoms with E-state index in [1.54, 1.807) is 34.9 Å². The maximum absolute atomic E-state index is 15.0. The Balaban J connectivity index is 1.11. The number of benzene rings is 2. The van der Waals surface area contributed by atoms with Gasteiger partial charge in [0.25, 0.3) is 5.91 Å². The summed E-state index contributed by atoms with van der Waals surface area (Å²) in [7, 11) is 0. The number of likely N-dealkylation sites (tertiary alicyclic amines) is 1. The Labute approximate surface area is 269 Å². The van der Waals surface area contributed by atoms with Gasteiger partial charge in [-0.15, -0.1) is 0 Å². The van der Waals surface area contributed by atoms with E-state index in [2.05, 4.69) is 25.1 Å². The summed E-state index contributed by atoms with van der Waals surface area (Å²) in [5.41, 5.74) is 1.56. The molecule has 1 atom stereocenters. The molecule has 14 heteroatoms. The number of nitrogens with zero attached hydrogens (tertiary/aromatic N) is 7. The minimum Gasteiger partial charge on any atom is -0.476 e. The van der Waals surface area contributed by atoms with Crippen LogP contribution in [0.5, 0.6) is 5.75 Å². The predicted octanol–water partition coefficient (Wildman–Crippen LogP) is 4.19. The molecule has 2 aromatic heterocycles. The second-order valence-electron chi connectivity index (χ2n) is 11.3. The second-order valence-corrected chi connectivity index (χ2v) is 11.7. The monoisotopic (exact) mass is 650 g/mol. The molecule has 2 fully saturated rings. The molecular weight excluding hydrogens is 618 g/mol. The van der Waals surface area contributed by atoms with E-state index < -0.39 is 18.2 Å². The molecule has 2 aromatic carbocycles. The van der Waals surface area contributed by atoms with Gasteiger partial charge in [-0.05, 0) is 49.7 Å². The number of halogens is 3. The van der Waals surface area contributed by atoms with Crippen molar-refractivity contribution < 1.29 is 23.4 Å². The number of carbonyl (C=O) groups excluding carboxylic acids is 1. The van der Waals surface area contributed by atoms with E-state index in [4.69, 9.17) is 21.6 Å². The lowest BCUT2D eigenvalue weighted by atomic mass is 10.1. The van der Waals surface area contributed by atoms with E-state index in [0.29, 0.717) is 35.8 Å². The van der Waals surface area contributed by atoms with Gasteiger partial charge in [-0.2, -0.15) is 9.65 Å². The van der Waals surface area contributed by atoms with Crippen molar-refractivity contribution in [3.05, 3.63) is 71.1 Å². The van der Waals surface area contributed by atoms with Gasteiger partial charge in [0.1, 0.15) is 6.07 Å². The van der Waals surface area contributed by atoms with Gasteiger partial charge in [0, 0.05) is 69.0 Å². The summed E-state index contributed by atoms with van der Waals surface area (Å²) in [5, 5.41) is 21.7. The SMILES string of the molecule is N#CCOc1ccc(-c2cnc3c(Nc4ccc(C(=O)N5CCN(CCN6CCCC6CO)CC5)c(Cl)c4)nccn23)c(F)c1F. The highest BCUT2D eigenvalue weighted by atomic mass is 35.5. The number of nitriles is 1. The van der Waals surface area contributed by atoms with Crippen molar-refractivity contribution in [3.8, 4) is 23.1 Å². The molecule has 0 aliphatic carbocycles. The molecule has 1 unspecified atom stereocenters. The lowest BCUT2D eigenvalue weighted by Gasteiger charge is -2.36. The van der Waals surface area contributed by atoms with Gasteiger partial charge in [-0.1, -0.05) is 11.6 Å². The van der Waals surface area contributed by atoms with Gasteiger partial charge in [-0.3, -0.25) is 19.0 Å². The van der Waals surface area contributed by atoms with Crippen LogP contribution in [-0.2, 0) is 0 Å². The first-order valence-corrected chi connectivity index (χ1v) is 15.5. The summed E-state index contributed by atoms with van der Waals surface area (Å²) in [6.07, 6.45) is 6.65. The van der Waals surface area contributed by atoms with Crippen LogP contribution in [0.2, 0.25) is 5.02 Å². The van der Waals surface area contributed by atoms with Crippen molar-refractivity contribution in [2.75, 3.05) is 64.3 Å². The zero-order valence-corrected chi connectivity index (χ0v) is 25.8. The number of aliphatic hydroxyl groups excluding tert-OH is 1. The van der Waals surface area contributed by atoms with Crippen LogP contribution < -0.4 is 10.1 Å². The Morgan fingerprint density at radius 3 is 2.70 bits per heavy atom. The van der Waals surface area contributed by atoms with E-state index in [9.17, 15) is 18.7 Å². The molecule has 0 bridgehead atoms. The Morgan fingerprint density at radius 2 is 1.93 bits per heavy atom. The molecule has 0 saturated carbocycles. The van der Waals surface area contributed by atoms with Crippen molar-refractivity contribution in [1.82, 2.24) is 29.1 Å². The first-order chi connectivity index (χ1) is 22.4. The molecule has 4 aromatic rings. The van der Waals surface area contributed by atoms with Crippen LogP contribution in [0.1, 0.15) is 23.2 Å². The number of hydrogen-bond donors (Lipinski definition) is 2. The summed E-state index contributed by atoms with van der Waals surface area (Å²) in [6.45, 7) is 5.41. The van der Waals surface area contributed by atoms with Crippen LogP contribution in [0.15, 0.2) is 48.9 Å². The zero-order valence-electron chi connectivity index (χ0n) is 25.0. The molecule has 0 radical (unpaired) electrons. The zero-order chi connectivity index (χ0) is 32.2. The Hall–Kier alpha value is -4.35. The van der Waals surface area contributed by atoms with Crippen LogP contribution in [0, 0.1) is 23.0 Å². The maximum Gasteiger partial charge on any atom is 0.255 e. The molecule has 11 nitrogen and oxygen atoms in total. The Bertz CT molecular complexity index is 1770. The molecule has 6 rings (SSSR count). The highest BCUT2D eigenvalue weighted by molar-refractivity contribution is 6.34. The third-order valence-electron chi connectivity index (χ3n) is 8.58. The predicted molar refractivity (Wildman–Crippen MR) is 168 cm³/mol. The molecular formula is C32H33ClF2N8O3. The lowest BCUT2D eigenvalue weighted by molar-refractivity contribution is 0.0612. The Morgan fingerprint density at radius 1 is 1.11 bits per heavy atom. The fraction of sp³-hybridized carbons (Fsp3) is 0.375. The third kappa shape index (κ3) is 6.47. The average Bonchev–Trinajstić information content (AvgIpc) is 3.72. The van der Waals surface area contributed by atoms with Gasteiger partial charge in [-0.25, -0.2) is 14.4 Å². The van der Waals surface area contributed by atoms with Crippen LogP contribution in [0.25, 0.3) is 16.9 Å². The number of imidazole rings is 1. The Kier molecular flexibility index (Phi) is 9.60. The van der Waals surface area contributed by atoms with Crippen molar-refractivity contribution in [2.24, 2.45) is 0 Å². The highest BCUT2D eigenvalue weighted by Crippen LogP contribution is 2.32. The van der Waals surface area contributed by atoms with Gasteiger partial charge >= 0.3 is 0 Å². The summed E-state index contributed by atoms with van der Waals surface area (Å²) in [5.74, 6) is -2.47. The number of carbonyl (C=O) groups is 1. The minimum atomic E-state index is -1.20. The van der Waals surface area contributed by atoms with Crippen molar-refractivity contribution in [1.29, 1.82) is 5.26 Å². The standard InChI is InChI=1S/C32H33ClF2N8O3/c33-25-18-21(3-4-23(25)32(45)42-15-12-40(13-16-42)11-14-41-9-1-2-22(41)20-44)39-30-31-38-19-26(43(31)10-8-37-30)24-5-6-27(46-17-7-36)29(35)28(24)34/h3-6,8,10,18-19,22,44H,1-2,9,11-17,20H2,(H,37,39). The number of nitrogens with one attached hydrogen (secondary N) is 1. The molecule has 2 saturated heterocycles. The molecule has 4 heterocycles. The minimum absolute atomic E-state index is 0.0415. The molecule has 240 valence electrons. The van der Waals surface area contributed by atoms with Gasteiger partial charge < -0.3 is 20.1 Å². The number of anilines is 2. The van der Waals surface area contributed by atoms with Crippen LogP contribution >= 0.6 is 11.6 Å². The van der Waals surface area contributed by atoms with Crippen LogP contribution in [-0.4, -0.2) is 105 Å². The summed E-state index contributed by atoms with van der Waals surface area (Å²) < 4.78 is 36.1. The van der Waals surface area contributed by atoms with Crippen molar-refractivity contribution in [3.63, 3.8) is 0 Å². The summed E-state index contributed by atoms with van der Waals surface area (Å²) in [6, 6.07) is 9.65. The number of amides is 1. The fourth-order valence-corrected chi connectivity index (χ4v) is 6.33. The fourth-order valence-electron chi connectivity index (χ4n) is 6.07.